The van der Waals surface area contributed by atoms with Crippen molar-refractivity contribution in [3.05, 3.63) is 40.4 Å². The summed E-state index contributed by atoms with van der Waals surface area (Å²) in [5.74, 6) is -0.437. The zero-order chi connectivity index (χ0) is 17.2. The van der Waals surface area contributed by atoms with Crippen LogP contribution in [0.4, 0.5) is 0 Å². The van der Waals surface area contributed by atoms with Crippen LogP contribution < -0.4 is 10.3 Å². The number of allylic oxidation sites excluding steroid dienone is 1. The molecule has 2 heterocycles. The summed E-state index contributed by atoms with van der Waals surface area (Å²) in [5.41, 5.74) is 4.05. The topological polar surface area (TPSA) is 106 Å². The smallest absolute Gasteiger partial charge is 0.347 e. The summed E-state index contributed by atoms with van der Waals surface area (Å²) in [6.07, 6.45) is 0.673. The second kappa shape index (κ2) is 6.83. The molecule has 0 saturated heterocycles. The van der Waals surface area contributed by atoms with Crippen LogP contribution in [0.15, 0.2) is 44.2 Å². The fourth-order valence-corrected chi connectivity index (χ4v) is 4.08. The van der Waals surface area contributed by atoms with E-state index in [2.05, 4.69) is 14.7 Å². The van der Waals surface area contributed by atoms with Crippen LogP contribution in [0.25, 0.3) is 0 Å². The molecule has 3 rings (SSSR count). The highest BCUT2D eigenvalue weighted by Gasteiger charge is 2.29. The van der Waals surface area contributed by atoms with Gasteiger partial charge in [-0.1, -0.05) is 19.1 Å². The Bertz CT molecular complexity index is 833. The molecule has 2 aliphatic rings. The Kier molecular flexibility index (Phi) is 4.78. The Morgan fingerprint density at radius 1 is 1.29 bits per heavy atom. The number of benzene rings is 1. The highest BCUT2D eigenvalue weighted by Crippen LogP contribution is 2.26. The summed E-state index contributed by atoms with van der Waals surface area (Å²) in [6, 6.07) is 6.42. The molecule has 0 unspecified atom stereocenters. The Hall–Kier alpha value is -2.04. The van der Waals surface area contributed by atoms with E-state index in [4.69, 9.17) is 9.47 Å². The number of fused-ring (bicyclic) bond motifs is 1. The van der Waals surface area contributed by atoms with Gasteiger partial charge in [-0.3, -0.25) is 0 Å². The molecule has 0 fully saturated rings. The molecule has 0 saturated carbocycles. The van der Waals surface area contributed by atoms with Crippen molar-refractivity contribution in [3.8, 4) is 0 Å². The first-order valence-corrected chi connectivity index (χ1v) is 9.44. The minimum absolute atomic E-state index is 0.00862. The van der Waals surface area contributed by atoms with E-state index in [0.717, 1.165) is 17.6 Å². The zero-order valence-corrected chi connectivity index (χ0v) is 14.4. The summed E-state index contributed by atoms with van der Waals surface area (Å²) < 4.78 is 37.8. The van der Waals surface area contributed by atoms with Crippen molar-refractivity contribution in [2.75, 3.05) is 13.2 Å². The molecule has 2 aliphatic heterocycles. The van der Waals surface area contributed by atoms with E-state index in [9.17, 15) is 13.2 Å². The van der Waals surface area contributed by atoms with Crippen LogP contribution in [0.5, 0.6) is 0 Å². The Morgan fingerprint density at radius 2 is 2.08 bits per heavy atom. The quantitative estimate of drug-likeness (QED) is 0.451. The van der Waals surface area contributed by atoms with Crippen molar-refractivity contribution in [1.82, 2.24) is 10.3 Å². The number of sulfonamides is 1. The molecule has 2 N–H and O–H groups in total. The van der Waals surface area contributed by atoms with E-state index < -0.39 is 16.0 Å². The minimum Gasteiger partial charge on any atom is -0.473 e. The molecule has 10 heteroatoms. The molecule has 0 spiro atoms. The molecule has 128 valence electrons. The maximum absolute atomic E-state index is 11.9. The van der Waals surface area contributed by atoms with Crippen LogP contribution in [0.1, 0.15) is 18.9 Å². The van der Waals surface area contributed by atoms with E-state index in [0.29, 0.717) is 16.9 Å². The molecule has 1 aromatic carbocycles. The van der Waals surface area contributed by atoms with Gasteiger partial charge in [0.1, 0.15) is 23.0 Å². The van der Waals surface area contributed by atoms with Gasteiger partial charge >= 0.3 is 5.97 Å². The Labute approximate surface area is 143 Å². The number of hydrogen-bond acceptors (Lipinski definition) is 8. The summed E-state index contributed by atoms with van der Waals surface area (Å²) in [6.45, 7) is 1.91. The van der Waals surface area contributed by atoms with Crippen LogP contribution in [0.3, 0.4) is 0 Å². The van der Waals surface area contributed by atoms with Crippen LogP contribution in [0.2, 0.25) is 0 Å². The van der Waals surface area contributed by atoms with Crippen LogP contribution in [0, 0.1) is 0 Å². The standard InChI is InChI=1S/C14H15N3O5S2/c1-2-10-12(23-17-15-10)14(18)22-8-7-21-13-9-5-3-4-6-11(9)24(19,20)16-13/h3-6,15,17H,2,7-8H2,1H3. The van der Waals surface area contributed by atoms with Gasteiger partial charge in [0, 0.05) is 5.70 Å². The van der Waals surface area contributed by atoms with Gasteiger partial charge in [-0.15, -0.1) is 4.40 Å². The number of carbonyl (C=O) groups excluding carboxylic acids is 1. The number of nitrogens with one attached hydrogen (secondary N) is 2. The van der Waals surface area contributed by atoms with Gasteiger partial charge in [-0.2, -0.15) is 13.2 Å². The van der Waals surface area contributed by atoms with E-state index >= 15 is 0 Å². The normalized spacial score (nSPS) is 18.0. The van der Waals surface area contributed by atoms with Crippen LogP contribution in [-0.4, -0.2) is 33.5 Å². The lowest BCUT2D eigenvalue weighted by molar-refractivity contribution is -0.139. The van der Waals surface area contributed by atoms with Crippen LogP contribution in [-0.2, 0) is 24.3 Å². The van der Waals surface area contributed by atoms with Crippen molar-refractivity contribution in [1.29, 1.82) is 0 Å². The van der Waals surface area contributed by atoms with Gasteiger partial charge < -0.3 is 14.9 Å². The SMILES string of the molecule is CCC1=C(C(=O)OCCOC2=NS(=O)(=O)c3ccccc32)SNN1. The first-order chi connectivity index (χ1) is 11.5. The van der Waals surface area contributed by atoms with Crippen molar-refractivity contribution >= 4 is 33.8 Å². The van der Waals surface area contributed by atoms with Gasteiger partial charge in [0.15, 0.2) is 0 Å². The molecular weight excluding hydrogens is 354 g/mol. The molecule has 0 atom stereocenters. The number of nitrogens with zero attached hydrogens (tertiary/aromatic N) is 1. The maximum atomic E-state index is 11.9. The fraction of sp³-hybridized carbons (Fsp3) is 0.286. The third kappa shape index (κ3) is 3.25. The number of carbonyl (C=O) groups is 1. The van der Waals surface area contributed by atoms with Gasteiger partial charge in [0.2, 0.25) is 5.90 Å². The number of hydrazine groups is 1. The monoisotopic (exact) mass is 369 g/mol. The maximum Gasteiger partial charge on any atom is 0.347 e. The fourth-order valence-electron chi connectivity index (χ4n) is 2.19. The summed E-state index contributed by atoms with van der Waals surface area (Å²) >= 11 is 1.16. The van der Waals surface area contributed by atoms with E-state index in [1.54, 1.807) is 18.2 Å². The number of esters is 1. The third-order valence-electron chi connectivity index (χ3n) is 3.32. The van der Waals surface area contributed by atoms with Gasteiger partial charge in [-0.05, 0) is 30.5 Å². The average molecular weight is 369 g/mol. The zero-order valence-electron chi connectivity index (χ0n) is 12.7. The minimum atomic E-state index is -3.70. The number of rotatable bonds is 5. The summed E-state index contributed by atoms with van der Waals surface area (Å²) in [7, 11) is -3.70. The lowest BCUT2D eigenvalue weighted by Gasteiger charge is -2.07. The molecule has 0 aliphatic carbocycles. The van der Waals surface area contributed by atoms with Gasteiger partial charge in [-0.25, -0.2) is 4.79 Å². The predicted molar refractivity (Wildman–Crippen MR) is 88.3 cm³/mol. The molecular formula is C14H15N3O5S2. The summed E-state index contributed by atoms with van der Waals surface area (Å²) in [4.78, 5) is 15.3. The van der Waals surface area contributed by atoms with E-state index in [1.165, 1.54) is 6.07 Å². The highest BCUT2D eigenvalue weighted by molar-refractivity contribution is 8.02. The number of hydrogen-bond donors (Lipinski definition) is 2. The van der Waals surface area contributed by atoms with Crippen molar-refractivity contribution < 1.29 is 22.7 Å². The van der Waals surface area contributed by atoms with E-state index in [-0.39, 0.29) is 24.0 Å². The molecule has 1 aromatic rings. The second-order valence-electron chi connectivity index (χ2n) is 4.84. The lowest BCUT2D eigenvalue weighted by Crippen LogP contribution is -2.18. The number of ether oxygens (including phenoxy) is 2. The Morgan fingerprint density at radius 3 is 2.88 bits per heavy atom. The average Bonchev–Trinajstić information content (AvgIpc) is 3.15. The van der Waals surface area contributed by atoms with Crippen molar-refractivity contribution in [3.63, 3.8) is 0 Å². The van der Waals surface area contributed by atoms with Crippen molar-refractivity contribution in [2.45, 2.75) is 18.2 Å². The lowest BCUT2D eigenvalue weighted by atomic mass is 10.2. The molecule has 0 amide bonds. The molecule has 0 aromatic heterocycles. The van der Waals surface area contributed by atoms with Gasteiger partial charge in [0.05, 0.1) is 5.56 Å². The molecule has 0 radical (unpaired) electrons. The van der Waals surface area contributed by atoms with Crippen LogP contribution >= 0.6 is 11.9 Å². The third-order valence-corrected chi connectivity index (χ3v) is 5.46. The first-order valence-electron chi connectivity index (χ1n) is 7.18. The first kappa shape index (κ1) is 16.8. The highest BCUT2D eigenvalue weighted by atomic mass is 32.2. The largest absolute Gasteiger partial charge is 0.473 e. The van der Waals surface area contributed by atoms with Crippen molar-refractivity contribution in [2.24, 2.45) is 4.40 Å². The molecule has 0 bridgehead atoms. The molecule has 8 nitrogen and oxygen atoms in total. The predicted octanol–water partition coefficient (Wildman–Crippen LogP) is 1.07. The van der Waals surface area contributed by atoms with Gasteiger partial charge in [0.25, 0.3) is 10.0 Å². The summed E-state index contributed by atoms with van der Waals surface area (Å²) in [5, 5.41) is 0. The van der Waals surface area contributed by atoms with E-state index in [1.807, 2.05) is 6.92 Å². The Balaban J connectivity index is 1.56. The molecule has 24 heavy (non-hydrogen) atoms. The second-order valence-corrected chi connectivity index (χ2v) is 7.23.